The Morgan fingerprint density at radius 3 is 2.75 bits per heavy atom. The van der Waals surface area contributed by atoms with Gasteiger partial charge in [-0.2, -0.15) is 0 Å². The smallest absolute Gasteiger partial charge is 0.158 e. The fourth-order valence-electron chi connectivity index (χ4n) is 1.23. The second-order valence-electron chi connectivity index (χ2n) is 4.99. The summed E-state index contributed by atoms with van der Waals surface area (Å²) in [5.41, 5.74) is 1.34. The Labute approximate surface area is 98.1 Å². The van der Waals surface area contributed by atoms with Crippen molar-refractivity contribution in [3.8, 4) is 0 Å². The van der Waals surface area contributed by atoms with Crippen molar-refractivity contribution in [2.24, 2.45) is 10.4 Å². The lowest BCUT2D eigenvalue weighted by Crippen LogP contribution is -2.04. The monoisotopic (exact) mass is 216 g/mol. The fraction of sp³-hybridized carbons (Fsp3) is 0.429. The van der Waals surface area contributed by atoms with Gasteiger partial charge in [0.1, 0.15) is 0 Å². The Hall–Kier alpha value is -1.44. The van der Waals surface area contributed by atoms with Crippen LogP contribution in [0.4, 0.5) is 5.82 Å². The van der Waals surface area contributed by atoms with Gasteiger partial charge in [-0.15, -0.1) is 0 Å². The molecular weight excluding hydrogens is 196 g/mol. The maximum Gasteiger partial charge on any atom is 0.158 e. The average molecular weight is 216 g/mol. The van der Waals surface area contributed by atoms with E-state index < -0.39 is 0 Å². The van der Waals surface area contributed by atoms with Crippen LogP contribution >= 0.6 is 0 Å². The van der Waals surface area contributed by atoms with Gasteiger partial charge in [0.25, 0.3) is 0 Å². The number of pyridine rings is 1. The number of hydrogen-bond donors (Lipinski definition) is 0. The third kappa shape index (κ3) is 4.39. The maximum absolute atomic E-state index is 4.42. The lowest BCUT2D eigenvalue weighted by Gasteiger charge is -2.13. The average Bonchev–Trinajstić information content (AvgIpc) is 2.19. The van der Waals surface area contributed by atoms with E-state index in [9.17, 15) is 0 Å². The number of nitrogens with zero attached hydrogens (tertiary/aromatic N) is 2. The van der Waals surface area contributed by atoms with Crippen molar-refractivity contribution in [3.05, 3.63) is 30.0 Å². The van der Waals surface area contributed by atoms with Gasteiger partial charge in [0.2, 0.25) is 0 Å². The van der Waals surface area contributed by atoms with Crippen LogP contribution in [-0.4, -0.2) is 11.2 Å². The molecule has 0 fully saturated rings. The molecule has 16 heavy (non-hydrogen) atoms. The molecule has 0 aromatic carbocycles. The molecule has 0 bridgehead atoms. The van der Waals surface area contributed by atoms with Gasteiger partial charge in [-0.1, -0.05) is 32.9 Å². The van der Waals surface area contributed by atoms with Gasteiger partial charge < -0.3 is 0 Å². The molecule has 0 N–H and O–H groups in total. The Kier molecular flexibility index (Phi) is 4.41. The predicted molar refractivity (Wildman–Crippen MR) is 71.2 cm³/mol. The van der Waals surface area contributed by atoms with Crippen LogP contribution < -0.4 is 0 Å². The summed E-state index contributed by atoms with van der Waals surface area (Å²) in [6, 6.07) is 3.95. The molecule has 0 aliphatic heterocycles. The number of hydrogen-bond acceptors (Lipinski definition) is 2. The highest BCUT2D eigenvalue weighted by atomic mass is 14.9. The van der Waals surface area contributed by atoms with Crippen molar-refractivity contribution in [1.29, 1.82) is 0 Å². The van der Waals surface area contributed by atoms with E-state index in [1.54, 1.807) is 6.20 Å². The van der Waals surface area contributed by atoms with Crippen LogP contribution in [0.3, 0.4) is 0 Å². The molecule has 0 amide bonds. The lowest BCUT2D eigenvalue weighted by molar-refractivity contribution is 0.437. The molecule has 86 valence electrons. The van der Waals surface area contributed by atoms with E-state index in [4.69, 9.17) is 0 Å². The molecule has 0 aliphatic rings. The first-order valence-corrected chi connectivity index (χ1v) is 5.63. The molecule has 2 heteroatoms. The van der Waals surface area contributed by atoms with E-state index in [0.717, 1.165) is 17.8 Å². The summed E-state index contributed by atoms with van der Waals surface area (Å²) in [7, 11) is 0. The zero-order valence-corrected chi connectivity index (χ0v) is 10.6. The van der Waals surface area contributed by atoms with Crippen molar-refractivity contribution in [1.82, 2.24) is 4.98 Å². The Morgan fingerprint density at radius 1 is 1.38 bits per heavy atom. The predicted octanol–water partition coefficient (Wildman–Crippen LogP) is 4.25. The third-order valence-electron chi connectivity index (χ3n) is 2.08. The number of allylic oxidation sites excluding steroid dienone is 1. The van der Waals surface area contributed by atoms with Gasteiger partial charge in [-0.05, 0) is 30.9 Å². The first kappa shape index (κ1) is 12.6. The molecule has 0 saturated carbocycles. The van der Waals surface area contributed by atoms with Crippen LogP contribution in [0.1, 0.15) is 39.7 Å². The van der Waals surface area contributed by atoms with Crippen molar-refractivity contribution in [3.63, 3.8) is 0 Å². The van der Waals surface area contributed by atoms with Crippen LogP contribution in [0.2, 0.25) is 0 Å². The minimum atomic E-state index is 0.277. The topological polar surface area (TPSA) is 25.2 Å². The zero-order chi connectivity index (χ0) is 12.0. The first-order chi connectivity index (χ1) is 7.53. The molecule has 0 radical (unpaired) electrons. The second kappa shape index (κ2) is 5.59. The largest absolute Gasteiger partial charge is 0.241 e. The van der Waals surface area contributed by atoms with E-state index in [1.807, 2.05) is 37.4 Å². The first-order valence-electron chi connectivity index (χ1n) is 5.63. The van der Waals surface area contributed by atoms with E-state index in [-0.39, 0.29) is 5.41 Å². The number of aromatic nitrogens is 1. The Bertz CT molecular complexity index is 384. The highest BCUT2D eigenvalue weighted by molar-refractivity contribution is 5.68. The molecule has 1 aromatic heterocycles. The summed E-state index contributed by atoms with van der Waals surface area (Å²) in [6.45, 7) is 8.59. The molecule has 2 nitrogen and oxygen atoms in total. The van der Waals surface area contributed by atoms with Crippen molar-refractivity contribution < 1.29 is 0 Å². The molecule has 0 aliphatic carbocycles. The van der Waals surface area contributed by atoms with Gasteiger partial charge in [0.15, 0.2) is 5.82 Å². The summed E-state index contributed by atoms with van der Waals surface area (Å²) in [4.78, 5) is 8.69. The van der Waals surface area contributed by atoms with Crippen molar-refractivity contribution >= 4 is 18.1 Å². The molecular formula is C14H20N2. The molecule has 1 aromatic rings. The molecule has 1 rings (SSSR count). The summed E-state index contributed by atoms with van der Waals surface area (Å²) in [6.07, 6.45) is 8.71. The summed E-state index contributed by atoms with van der Waals surface area (Å²) in [5, 5.41) is 0. The molecule has 0 saturated heterocycles. The fourth-order valence-corrected chi connectivity index (χ4v) is 1.23. The van der Waals surface area contributed by atoms with Crippen LogP contribution in [-0.2, 0) is 0 Å². The SMILES string of the molecule is C/C=C\c1cccnc1N=CCC(C)(C)C. The maximum atomic E-state index is 4.42. The number of rotatable bonds is 3. The lowest BCUT2D eigenvalue weighted by atomic mass is 9.93. The van der Waals surface area contributed by atoms with E-state index in [2.05, 4.69) is 30.7 Å². The Balaban J connectivity index is 2.80. The zero-order valence-electron chi connectivity index (χ0n) is 10.6. The Morgan fingerprint density at radius 2 is 2.12 bits per heavy atom. The summed E-state index contributed by atoms with van der Waals surface area (Å²) < 4.78 is 0. The van der Waals surface area contributed by atoms with Gasteiger partial charge in [0.05, 0.1) is 0 Å². The quantitative estimate of drug-likeness (QED) is 0.693. The van der Waals surface area contributed by atoms with Crippen LogP contribution in [0.25, 0.3) is 6.08 Å². The summed E-state index contributed by atoms with van der Waals surface area (Å²) in [5.74, 6) is 0.796. The molecule has 0 atom stereocenters. The van der Waals surface area contributed by atoms with Gasteiger partial charge in [-0.25, -0.2) is 9.98 Å². The van der Waals surface area contributed by atoms with Crippen molar-refractivity contribution in [2.75, 3.05) is 0 Å². The molecule has 1 heterocycles. The van der Waals surface area contributed by atoms with Crippen molar-refractivity contribution in [2.45, 2.75) is 34.1 Å². The minimum absolute atomic E-state index is 0.277. The van der Waals surface area contributed by atoms with Crippen LogP contribution in [0, 0.1) is 5.41 Å². The number of aliphatic imine (C=N–C) groups is 1. The normalized spacial score (nSPS) is 12.8. The highest BCUT2D eigenvalue weighted by Gasteiger charge is 2.07. The second-order valence-corrected chi connectivity index (χ2v) is 4.99. The highest BCUT2D eigenvalue weighted by Crippen LogP contribution is 2.19. The van der Waals surface area contributed by atoms with Gasteiger partial charge in [-0.3, -0.25) is 0 Å². The molecule has 0 spiro atoms. The molecule has 0 unspecified atom stereocenters. The van der Waals surface area contributed by atoms with E-state index in [1.165, 1.54) is 0 Å². The van der Waals surface area contributed by atoms with Gasteiger partial charge in [0, 0.05) is 18.0 Å². The van der Waals surface area contributed by atoms with E-state index in [0.29, 0.717) is 0 Å². The summed E-state index contributed by atoms with van der Waals surface area (Å²) >= 11 is 0. The standard InChI is InChI=1S/C14H20N2/c1-5-7-12-8-6-10-15-13(12)16-11-9-14(2,3)4/h5-8,10-11H,9H2,1-4H3/b7-5-,16-11?. The van der Waals surface area contributed by atoms with Gasteiger partial charge >= 0.3 is 0 Å². The van der Waals surface area contributed by atoms with E-state index >= 15 is 0 Å². The third-order valence-corrected chi connectivity index (χ3v) is 2.08. The van der Waals surface area contributed by atoms with Crippen LogP contribution in [0.5, 0.6) is 0 Å². The minimum Gasteiger partial charge on any atom is -0.241 e. The van der Waals surface area contributed by atoms with Crippen LogP contribution in [0.15, 0.2) is 29.4 Å².